The number of halogens is 1. The zero-order valence-corrected chi connectivity index (χ0v) is 12.7. The first-order valence-electron chi connectivity index (χ1n) is 7.23. The van der Waals surface area contributed by atoms with Gasteiger partial charge in [0.25, 0.3) is 0 Å². The van der Waals surface area contributed by atoms with E-state index < -0.39 is 0 Å². The maximum atomic E-state index is 5.82. The predicted octanol–water partition coefficient (Wildman–Crippen LogP) is 5.95. The lowest BCUT2D eigenvalue weighted by Gasteiger charge is -2.07. The summed E-state index contributed by atoms with van der Waals surface area (Å²) in [4.78, 5) is 0. The van der Waals surface area contributed by atoms with Gasteiger partial charge in [-0.2, -0.15) is 0 Å². The van der Waals surface area contributed by atoms with E-state index in [0.717, 1.165) is 23.5 Å². The Labute approximate surface area is 126 Å². The molecule has 0 aliphatic rings. The van der Waals surface area contributed by atoms with Crippen LogP contribution in [0.3, 0.4) is 0 Å². The largest absolute Gasteiger partial charge is 0.457 e. The molecule has 0 atom stereocenters. The smallest absolute Gasteiger partial charge is 0.127 e. The van der Waals surface area contributed by atoms with Crippen LogP contribution in [-0.4, -0.2) is 0 Å². The quantitative estimate of drug-likeness (QED) is 0.452. The predicted molar refractivity (Wildman–Crippen MR) is 85.7 cm³/mol. The summed E-state index contributed by atoms with van der Waals surface area (Å²) in [6.45, 7) is 2.23. The third-order valence-corrected chi connectivity index (χ3v) is 3.61. The maximum absolute atomic E-state index is 5.82. The van der Waals surface area contributed by atoms with Crippen molar-refractivity contribution in [3.05, 3.63) is 59.7 Å². The number of ether oxygens (including phenoxy) is 1. The summed E-state index contributed by atoms with van der Waals surface area (Å²) in [7, 11) is 0. The van der Waals surface area contributed by atoms with E-state index >= 15 is 0 Å². The molecule has 1 nitrogen and oxygen atoms in total. The number of unbranched alkanes of at least 4 members (excludes halogenated alkanes) is 2. The van der Waals surface area contributed by atoms with Gasteiger partial charge in [-0.1, -0.05) is 44.0 Å². The van der Waals surface area contributed by atoms with Crippen LogP contribution in [0, 0.1) is 0 Å². The van der Waals surface area contributed by atoms with Crippen LogP contribution in [-0.2, 0) is 12.3 Å². The minimum absolute atomic E-state index is 0.534. The van der Waals surface area contributed by atoms with Crippen LogP contribution in [0.5, 0.6) is 11.5 Å². The first kappa shape index (κ1) is 14.9. The molecule has 2 rings (SSSR count). The molecule has 20 heavy (non-hydrogen) atoms. The van der Waals surface area contributed by atoms with Gasteiger partial charge >= 0.3 is 0 Å². The average Bonchev–Trinajstić information content (AvgIpc) is 2.50. The Morgan fingerprint density at radius 3 is 1.85 bits per heavy atom. The monoisotopic (exact) mass is 288 g/mol. The lowest BCUT2D eigenvalue weighted by atomic mass is 10.1. The molecule has 0 fully saturated rings. The van der Waals surface area contributed by atoms with Gasteiger partial charge in [0.1, 0.15) is 11.5 Å². The second-order valence-corrected chi connectivity index (χ2v) is 5.25. The second-order valence-electron chi connectivity index (χ2n) is 4.98. The molecule has 0 N–H and O–H groups in total. The number of benzene rings is 2. The van der Waals surface area contributed by atoms with Crippen LogP contribution in [0.25, 0.3) is 0 Å². The Morgan fingerprint density at radius 2 is 1.35 bits per heavy atom. The Morgan fingerprint density at radius 1 is 0.800 bits per heavy atom. The highest BCUT2D eigenvalue weighted by Gasteiger charge is 1.99. The summed E-state index contributed by atoms with van der Waals surface area (Å²) in [5, 5.41) is 0. The molecule has 0 unspecified atom stereocenters. The standard InChI is InChI=1S/C18H21ClO/c1-2-3-4-5-15-6-10-17(11-7-15)20-18-12-8-16(14-19)9-13-18/h6-13H,2-5,14H2,1H3. The lowest BCUT2D eigenvalue weighted by Crippen LogP contribution is -1.88. The van der Waals surface area contributed by atoms with Gasteiger partial charge in [0, 0.05) is 5.88 Å². The van der Waals surface area contributed by atoms with Crippen molar-refractivity contribution in [2.45, 2.75) is 38.5 Å². The molecule has 0 bridgehead atoms. The van der Waals surface area contributed by atoms with Crippen molar-refractivity contribution >= 4 is 11.6 Å². The minimum atomic E-state index is 0.534. The summed E-state index contributed by atoms with van der Waals surface area (Å²) in [5.41, 5.74) is 2.48. The topological polar surface area (TPSA) is 9.23 Å². The summed E-state index contributed by atoms with van der Waals surface area (Å²) in [6, 6.07) is 16.3. The summed E-state index contributed by atoms with van der Waals surface area (Å²) < 4.78 is 5.82. The summed E-state index contributed by atoms with van der Waals surface area (Å²) >= 11 is 5.77. The molecule has 0 radical (unpaired) electrons. The van der Waals surface area contributed by atoms with E-state index in [1.54, 1.807) is 0 Å². The molecule has 0 saturated carbocycles. The van der Waals surface area contributed by atoms with E-state index in [2.05, 4.69) is 19.1 Å². The van der Waals surface area contributed by atoms with Crippen LogP contribution < -0.4 is 4.74 Å². The number of rotatable bonds is 7. The van der Waals surface area contributed by atoms with E-state index in [9.17, 15) is 0 Å². The number of hydrogen-bond donors (Lipinski definition) is 0. The fraction of sp³-hybridized carbons (Fsp3) is 0.333. The molecule has 0 aliphatic heterocycles. The highest BCUT2D eigenvalue weighted by molar-refractivity contribution is 6.17. The molecule has 2 aromatic rings. The normalized spacial score (nSPS) is 10.5. The SMILES string of the molecule is CCCCCc1ccc(Oc2ccc(CCl)cc2)cc1. The van der Waals surface area contributed by atoms with Crippen molar-refractivity contribution < 1.29 is 4.74 Å². The minimum Gasteiger partial charge on any atom is -0.457 e. The molecule has 0 aromatic heterocycles. The zero-order chi connectivity index (χ0) is 14.2. The molecular weight excluding hydrogens is 268 g/mol. The van der Waals surface area contributed by atoms with Gasteiger partial charge in [0.05, 0.1) is 0 Å². The molecule has 0 saturated heterocycles. The van der Waals surface area contributed by atoms with Gasteiger partial charge in [-0.05, 0) is 48.2 Å². The fourth-order valence-electron chi connectivity index (χ4n) is 2.09. The summed E-state index contributed by atoms with van der Waals surface area (Å²) in [6.07, 6.45) is 4.97. The Kier molecular flexibility index (Phi) is 5.94. The number of aryl methyl sites for hydroxylation is 1. The van der Waals surface area contributed by atoms with Crippen molar-refractivity contribution in [2.24, 2.45) is 0 Å². The van der Waals surface area contributed by atoms with Gasteiger partial charge < -0.3 is 4.74 Å². The molecule has 2 heteroatoms. The van der Waals surface area contributed by atoms with E-state index in [-0.39, 0.29) is 0 Å². The highest BCUT2D eigenvalue weighted by Crippen LogP contribution is 2.23. The third kappa shape index (κ3) is 4.57. The molecule has 0 amide bonds. The van der Waals surface area contributed by atoms with Gasteiger partial charge in [-0.15, -0.1) is 11.6 Å². The van der Waals surface area contributed by atoms with E-state index in [1.807, 2.05) is 36.4 Å². The Bertz CT molecular complexity index is 502. The van der Waals surface area contributed by atoms with Gasteiger partial charge in [-0.25, -0.2) is 0 Å². The maximum Gasteiger partial charge on any atom is 0.127 e. The van der Waals surface area contributed by atoms with Crippen molar-refractivity contribution in [2.75, 3.05) is 0 Å². The number of hydrogen-bond acceptors (Lipinski definition) is 1. The summed E-state index contributed by atoms with van der Waals surface area (Å²) in [5.74, 6) is 2.26. The van der Waals surface area contributed by atoms with Crippen LogP contribution in [0.15, 0.2) is 48.5 Å². The Hall–Kier alpha value is -1.47. The van der Waals surface area contributed by atoms with Crippen LogP contribution in [0.2, 0.25) is 0 Å². The van der Waals surface area contributed by atoms with Gasteiger partial charge in [0.2, 0.25) is 0 Å². The first-order valence-corrected chi connectivity index (χ1v) is 7.77. The molecule has 0 heterocycles. The molecule has 106 valence electrons. The third-order valence-electron chi connectivity index (χ3n) is 3.31. The molecule has 0 aliphatic carbocycles. The zero-order valence-electron chi connectivity index (χ0n) is 11.9. The van der Waals surface area contributed by atoms with E-state index in [0.29, 0.717) is 5.88 Å². The van der Waals surface area contributed by atoms with Gasteiger partial charge in [0.15, 0.2) is 0 Å². The molecule has 0 spiro atoms. The molecule has 2 aromatic carbocycles. The van der Waals surface area contributed by atoms with Crippen LogP contribution >= 0.6 is 11.6 Å². The van der Waals surface area contributed by atoms with Crippen LogP contribution in [0.1, 0.15) is 37.3 Å². The lowest BCUT2D eigenvalue weighted by molar-refractivity contribution is 0.482. The van der Waals surface area contributed by atoms with Gasteiger partial charge in [-0.3, -0.25) is 0 Å². The molecular formula is C18H21ClO. The van der Waals surface area contributed by atoms with Crippen molar-refractivity contribution in [1.29, 1.82) is 0 Å². The highest BCUT2D eigenvalue weighted by atomic mass is 35.5. The number of alkyl halides is 1. The van der Waals surface area contributed by atoms with Crippen molar-refractivity contribution in [1.82, 2.24) is 0 Å². The van der Waals surface area contributed by atoms with E-state index in [1.165, 1.54) is 24.8 Å². The first-order chi connectivity index (χ1) is 9.81. The van der Waals surface area contributed by atoms with Crippen molar-refractivity contribution in [3.8, 4) is 11.5 Å². The second kappa shape index (κ2) is 7.96. The van der Waals surface area contributed by atoms with Crippen LogP contribution in [0.4, 0.5) is 0 Å². The Balaban J connectivity index is 1.92. The average molecular weight is 289 g/mol. The fourth-order valence-corrected chi connectivity index (χ4v) is 2.26. The van der Waals surface area contributed by atoms with E-state index in [4.69, 9.17) is 16.3 Å². The van der Waals surface area contributed by atoms with Crippen molar-refractivity contribution in [3.63, 3.8) is 0 Å².